The first kappa shape index (κ1) is 21.7. The number of anilines is 2. The first-order valence-corrected chi connectivity index (χ1v) is 7.83. The van der Waals surface area contributed by atoms with Crippen LogP contribution in [0.2, 0.25) is 0 Å². The van der Waals surface area contributed by atoms with E-state index in [0.717, 1.165) is 13.1 Å². The molecule has 1 aromatic heterocycles. The molecule has 2 aromatic carbocycles. The van der Waals surface area contributed by atoms with Crippen LogP contribution in [-0.4, -0.2) is 28.4 Å². The van der Waals surface area contributed by atoms with Gasteiger partial charge in [-0.3, -0.25) is 15.7 Å². The Labute approximate surface area is 166 Å². The second-order valence-corrected chi connectivity index (χ2v) is 5.27. The number of benzene rings is 2. The molecule has 0 spiro atoms. The predicted octanol–water partition coefficient (Wildman–Crippen LogP) is 1.09. The molecule has 1 heterocycles. The molecular weight excluding hydrogens is 321 g/mol. The molecule has 132 valence electrons. The van der Waals surface area contributed by atoms with E-state index in [9.17, 15) is 5.11 Å². The van der Waals surface area contributed by atoms with Crippen molar-refractivity contribution >= 4 is 22.3 Å². The number of phenols is 1. The monoisotopic (exact) mass is 343 g/mol. The summed E-state index contributed by atoms with van der Waals surface area (Å²) >= 11 is 0. The van der Waals surface area contributed by atoms with Gasteiger partial charge in [-0.2, -0.15) is 12.5 Å². The quantitative estimate of drug-likeness (QED) is 0.286. The number of pyridine rings is 1. The molecule has 0 fully saturated rings. The molecule has 0 bridgehead atoms. The van der Waals surface area contributed by atoms with Crippen molar-refractivity contribution in [2.75, 3.05) is 23.5 Å². The van der Waals surface area contributed by atoms with Crippen LogP contribution >= 0.6 is 0 Å². The molecule has 3 aromatic rings. The summed E-state index contributed by atoms with van der Waals surface area (Å²) < 4.78 is 0. The van der Waals surface area contributed by atoms with Gasteiger partial charge in [-0.05, 0) is 18.2 Å². The van der Waals surface area contributed by atoms with E-state index in [0.29, 0.717) is 22.2 Å². The Hall–Kier alpha value is -2.32. The summed E-state index contributed by atoms with van der Waals surface area (Å²) in [4.78, 5) is 6.12. The van der Waals surface area contributed by atoms with Crippen LogP contribution < -0.4 is 29.2 Å². The summed E-state index contributed by atoms with van der Waals surface area (Å²) in [7, 11) is 0. The van der Waals surface area contributed by atoms with Gasteiger partial charge in [0.05, 0.1) is 5.52 Å². The number of fused-ring (bicyclic) bond motifs is 1. The van der Waals surface area contributed by atoms with E-state index >= 15 is 0 Å². The standard InChI is InChI=1S/C10H9N2O2.C10H13N.Li/c1-6-5-8(12-14)7-3-2-4-11-9(7)10(6)13;1-3-11(4-2)10-8-6-5-7-9-10;/h2-5,12-14H,1H2;5-9H,1-4H2;/q-1;-2;+1. The van der Waals surface area contributed by atoms with Gasteiger partial charge in [0.2, 0.25) is 0 Å². The summed E-state index contributed by atoms with van der Waals surface area (Å²) in [5.41, 5.74) is 4.57. The fourth-order valence-corrected chi connectivity index (χ4v) is 2.39. The molecule has 0 atom stereocenters. The zero-order valence-corrected chi connectivity index (χ0v) is 15.0. The molecule has 0 radical (unpaired) electrons. The van der Waals surface area contributed by atoms with Crippen molar-refractivity contribution in [3.05, 3.63) is 81.1 Å². The third-order valence-electron chi connectivity index (χ3n) is 3.73. The number of aromatic nitrogens is 1. The van der Waals surface area contributed by atoms with Crippen LogP contribution in [0.4, 0.5) is 11.4 Å². The summed E-state index contributed by atoms with van der Waals surface area (Å²) in [6.07, 6.45) is 1.57. The predicted molar refractivity (Wildman–Crippen MR) is 103 cm³/mol. The van der Waals surface area contributed by atoms with Gasteiger partial charge in [0, 0.05) is 28.7 Å². The zero-order chi connectivity index (χ0) is 18.2. The summed E-state index contributed by atoms with van der Waals surface area (Å²) in [5.74, 6) is 0.0413. The van der Waals surface area contributed by atoms with Gasteiger partial charge in [0.15, 0.2) is 0 Å². The number of aromatic hydroxyl groups is 1. The number of hydrogen-bond acceptors (Lipinski definition) is 5. The first-order valence-electron chi connectivity index (χ1n) is 7.83. The largest absolute Gasteiger partial charge is 1.00 e. The van der Waals surface area contributed by atoms with Crippen LogP contribution in [-0.2, 0) is 0 Å². The number of rotatable bonds is 4. The minimum Gasteiger partial charge on any atom is -0.563 e. The molecule has 0 unspecified atom stereocenters. The van der Waals surface area contributed by atoms with Crippen LogP contribution in [0.25, 0.3) is 10.9 Å². The van der Waals surface area contributed by atoms with Crippen LogP contribution in [0.3, 0.4) is 0 Å². The van der Waals surface area contributed by atoms with E-state index in [1.165, 1.54) is 5.69 Å². The molecular formula is C20H22LiN3O2-2. The fraction of sp³-hybridized carbons (Fsp3) is 0.100. The molecule has 0 saturated heterocycles. The Bertz CT molecular complexity index is 809. The van der Waals surface area contributed by atoms with Gasteiger partial charge in [-0.1, -0.05) is 24.3 Å². The molecule has 0 aliphatic rings. The van der Waals surface area contributed by atoms with E-state index in [2.05, 4.69) is 42.8 Å². The smallest absolute Gasteiger partial charge is 0.563 e. The average molecular weight is 343 g/mol. The topological polar surface area (TPSA) is 68.6 Å². The number of phenolic OH excluding ortho intramolecular Hbond substituents is 1. The maximum absolute atomic E-state index is 9.64. The van der Waals surface area contributed by atoms with Crippen molar-refractivity contribution in [2.24, 2.45) is 0 Å². The molecule has 0 saturated carbocycles. The van der Waals surface area contributed by atoms with E-state index in [-0.39, 0.29) is 24.6 Å². The van der Waals surface area contributed by atoms with Crippen molar-refractivity contribution < 1.29 is 29.2 Å². The van der Waals surface area contributed by atoms with Crippen molar-refractivity contribution in [1.29, 1.82) is 0 Å². The van der Waals surface area contributed by atoms with E-state index < -0.39 is 0 Å². The second kappa shape index (κ2) is 10.6. The Kier molecular flexibility index (Phi) is 8.87. The number of nitrogens with one attached hydrogen (secondary N) is 1. The normalized spacial score (nSPS) is 9.65. The van der Waals surface area contributed by atoms with Gasteiger partial charge in [0.25, 0.3) is 0 Å². The second-order valence-electron chi connectivity index (χ2n) is 5.27. The first-order chi connectivity index (χ1) is 12.1. The number of para-hydroxylation sites is 1. The van der Waals surface area contributed by atoms with Crippen molar-refractivity contribution in [3.63, 3.8) is 0 Å². The van der Waals surface area contributed by atoms with E-state index in [4.69, 9.17) is 5.21 Å². The van der Waals surface area contributed by atoms with Gasteiger partial charge in [-0.15, -0.1) is 19.2 Å². The van der Waals surface area contributed by atoms with Crippen molar-refractivity contribution in [2.45, 2.75) is 0 Å². The summed E-state index contributed by atoms with van der Waals surface area (Å²) in [6.45, 7) is 12.8. The third kappa shape index (κ3) is 5.09. The number of nitrogens with zero attached hydrogens (tertiary/aromatic N) is 2. The van der Waals surface area contributed by atoms with Crippen molar-refractivity contribution in [3.8, 4) is 5.75 Å². The SMILES string of the molecule is [CH2-]CN(C[CH2-])c1ccccc1.[CH2-]c1cc(NO)c2cccnc2c1O.[Li+]. The minimum atomic E-state index is 0. The van der Waals surface area contributed by atoms with E-state index in [1.807, 2.05) is 23.7 Å². The Morgan fingerprint density at radius 1 is 1.04 bits per heavy atom. The maximum atomic E-state index is 9.64. The Morgan fingerprint density at radius 3 is 2.27 bits per heavy atom. The Balaban J connectivity index is 0.000000258. The molecule has 0 amide bonds. The minimum absolute atomic E-state index is 0. The van der Waals surface area contributed by atoms with Crippen molar-refractivity contribution in [1.82, 2.24) is 4.98 Å². The number of hydrogen-bond donors (Lipinski definition) is 3. The van der Waals surface area contributed by atoms with Gasteiger partial charge >= 0.3 is 18.9 Å². The molecule has 5 nitrogen and oxygen atoms in total. The summed E-state index contributed by atoms with van der Waals surface area (Å²) in [5, 5.41) is 19.2. The molecule has 3 N–H and O–H groups in total. The fourth-order valence-electron chi connectivity index (χ4n) is 2.39. The van der Waals surface area contributed by atoms with Crippen LogP contribution in [0.5, 0.6) is 5.75 Å². The molecule has 0 aliphatic heterocycles. The third-order valence-corrected chi connectivity index (χ3v) is 3.73. The van der Waals surface area contributed by atoms with Crippen LogP contribution in [0, 0.1) is 20.8 Å². The van der Waals surface area contributed by atoms with Crippen LogP contribution in [0.1, 0.15) is 5.56 Å². The van der Waals surface area contributed by atoms with Gasteiger partial charge in [0.1, 0.15) is 0 Å². The zero-order valence-electron chi connectivity index (χ0n) is 15.0. The molecule has 3 rings (SSSR count). The van der Waals surface area contributed by atoms with Crippen LogP contribution in [0.15, 0.2) is 54.7 Å². The van der Waals surface area contributed by atoms with Gasteiger partial charge < -0.3 is 23.9 Å². The van der Waals surface area contributed by atoms with E-state index in [1.54, 1.807) is 24.4 Å². The maximum Gasteiger partial charge on any atom is 1.00 e. The van der Waals surface area contributed by atoms with Gasteiger partial charge in [-0.25, -0.2) is 0 Å². The summed E-state index contributed by atoms with van der Waals surface area (Å²) in [6, 6.07) is 15.2. The average Bonchev–Trinajstić information content (AvgIpc) is 2.67. The Morgan fingerprint density at radius 2 is 1.69 bits per heavy atom. The molecule has 0 aliphatic carbocycles. The molecule has 26 heavy (non-hydrogen) atoms. The molecule has 6 heteroatoms.